The first-order valence-corrected chi connectivity index (χ1v) is 8.77. The number of anilines is 3. The molecule has 5 rings (SSSR count). The van der Waals surface area contributed by atoms with Crippen LogP contribution in [0, 0.1) is 0 Å². The highest BCUT2D eigenvalue weighted by atomic mass is 32.1. The summed E-state index contributed by atoms with van der Waals surface area (Å²) in [6.45, 7) is 0. The summed E-state index contributed by atoms with van der Waals surface area (Å²) < 4.78 is 5.52. The van der Waals surface area contributed by atoms with E-state index in [2.05, 4.69) is 15.3 Å². The predicted octanol–water partition coefficient (Wildman–Crippen LogP) is 2.76. The molecule has 4 N–H and O–H groups in total. The number of nitrogen functional groups attached to an aromatic ring is 1. The van der Waals surface area contributed by atoms with Crippen LogP contribution in [0.5, 0.6) is 0 Å². The Morgan fingerprint density at radius 1 is 1.12 bits per heavy atom. The Morgan fingerprint density at radius 2 is 1.96 bits per heavy atom. The lowest BCUT2D eigenvalue weighted by Gasteiger charge is -2.26. The normalized spacial score (nSPS) is 15.3. The number of fused-ring (bicyclic) bond motifs is 4. The molecule has 0 saturated heterocycles. The minimum Gasteiger partial charge on any atom is -0.422 e. The number of para-hydroxylation sites is 1. The van der Waals surface area contributed by atoms with Gasteiger partial charge in [-0.2, -0.15) is 4.98 Å². The van der Waals surface area contributed by atoms with Gasteiger partial charge in [0.25, 0.3) is 5.56 Å². The molecule has 26 heavy (non-hydrogen) atoms. The second-order valence-corrected chi connectivity index (χ2v) is 6.94. The second kappa shape index (κ2) is 5.30. The molecule has 1 aromatic carbocycles. The topological polar surface area (TPSA) is 114 Å². The van der Waals surface area contributed by atoms with Crippen molar-refractivity contribution in [3.8, 4) is 0 Å². The van der Waals surface area contributed by atoms with Gasteiger partial charge in [0.05, 0.1) is 22.7 Å². The smallest absolute Gasteiger partial charge is 0.342 e. The first-order chi connectivity index (χ1) is 12.6. The summed E-state index contributed by atoms with van der Waals surface area (Å²) in [4.78, 5) is 33.1. The Morgan fingerprint density at radius 3 is 2.77 bits per heavy atom. The zero-order valence-corrected chi connectivity index (χ0v) is 14.1. The van der Waals surface area contributed by atoms with E-state index in [1.807, 2.05) is 29.6 Å². The third kappa shape index (κ3) is 2.02. The van der Waals surface area contributed by atoms with Gasteiger partial charge in [-0.1, -0.05) is 18.2 Å². The summed E-state index contributed by atoms with van der Waals surface area (Å²) in [6.07, 6.45) is 0. The molecule has 3 aromatic heterocycles. The molecule has 0 fully saturated rings. The fourth-order valence-corrected chi connectivity index (χ4v) is 4.27. The van der Waals surface area contributed by atoms with Crippen molar-refractivity contribution in [2.75, 3.05) is 11.1 Å². The van der Waals surface area contributed by atoms with Gasteiger partial charge in [-0.3, -0.25) is 9.78 Å². The Balaban J connectivity index is 1.94. The highest BCUT2D eigenvalue weighted by Crippen LogP contribution is 2.44. The predicted molar refractivity (Wildman–Crippen MR) is 100 cm³/mol. The highest BCUT2D eigenvalue weighted by molar-refractivity contribution is 7.10. The molecule has 0 radical (unpaired) electrons. The molecular formula is C18H12N4O3S. The maximum Gasteiger partial charge on any atom is 0.342 e. The molecule has 4 heterocycles. The lowest BCUT2D eigenvalue weighted by Crippen LogP contribution is -2.29. The minimum atomic E-state index is -0.570. The van der Waals surface area contributed by atoms with Crippen molar-refractivity contribution in [2.45, 2.75) is 5.92 Å². The van der Waals surface area contributed by atoms with Crippen LogP contribution in [-0.4, -0.2) is 9.97 Å². The number of rotatable bonds is 1. The number of aromatic amines is 1. The standard InChI is InChI=1S/C18H12N4O3S/c19-18-21-15-13(16(23)22-18)11(10-6-3-7-26-10)12-14(20-15)8-4-1-2-5-9(8)25-17(12)24/h1-7,11H,(H4,19,20,21,22,23). The van der Waals surface area contributed by atoms with E-state index in [4.69, 9.17) is 10.2 Å². The molecule has 1 atom stereocenters. The molecule has 0 saturated carbocycles. The third-order valence-corrected chi connectivity index (χ3v) is 5.41. The van der Waals surface area contributed by atoms with Gasteiger partial charge in [0.15, 0.2) is 0 Å². The van der Waals surface area contributed by atoms with Crippen molar-refractivity contribution in [2.24, 2.45) is 0 Å². The van der Waals surface area contributed by atoms with Crippen LogP contribution in [-0.2, 0) is 0 Å². The molecule has 8 heteroatoms. The van der Waals surface area contributed by atoms with Crippen LogP contribution in [0.15, 0.2) is 55.8 Å². The maximum atomic E-state index is 12.8. The van der Waals surface area contributed by atoms with E-state index in [-0.39, 0.29) is 11.5 Å². The van der Waals surface area contributed by atoms with Crippen molar-refractivity contribution in [1.29, 1.82) is 0 Å². The van der Waals surface area contributed by atoms with Gasteiger partial charge in [0, 0.05) is 10.3 Å². The van der Waals surface area contributed by atoms with E-state index in [0.717, 1.165) is 10.3 Å². The van der Waals surface area contributed by atoms with Crippen LogP contribution in [0.1, 0.15) is 21.9 Å². The molecule has 0 amide bonds. The number of thiophene rings is 1. The average molecular weight is 364 g/mol. The van der Waals surface area contributed by atoms with Gasteiger partial charge in [-0.15, -0.1) is 11.3 Å². The zero-order chi connectivity index (χ0) is 17.8. The lowest BCUT2D eigenvalue weighted by atomic mass is 9.87. The summed E-state index contributed by atoms with van der Waals surface area (Å²) in [5.41, 5.74) is 6.69. The van der Waals surface area contributed by atoms with E-state index >= 15 is 0 Å². The number of benzene rings is 1. The van der Waals surface area contributed by atoms with Gasteiger partial charge >= 0.3 is 5.63 Å². The molecule has 0 bridgehead atoms. The largest absolute Gasteiger partial charge is 0.422 e. The lowest BCUT2D eigenvalue weighted by molar-refractivity contribution is 0.549. The van der Waals surface area contributed by atoms with Crippen LogP contribution in [0.4, 0.5) is 17.5 Å². The summed E-state index contributed by atoms with van der Waals surface area (Å²) in [5.74, 6) is -0.200. The maximum absolute atomic E-state index is 12.8. The fourth-order valence-electron chi connectivity index (χ4n) is 3.43. The van der Waals surface area contributed by atoms with E-state index in [9.17, 15) is 9.59 Å². The number of nitrogens with zero attached hydrogens (tertiary/aromatic N) is 1. The molecule has 1 aliphatic heterocycles. The van der Waals surface area contributed by atoms with E-state index in [1.54, 1.807) is 12.1 Å². The van der Waals surface area contributed by atoms with E-state index < -0.39 is 11.5 Å². The molecule has 128 valence electrons. The Bertz CT molecular complexity index is 1270. The number of nitrogens with two attached hydrogens (primary N) is 1. The van der Waals surface area contributed by atoms with Crippen LogP contribution >= 0.6 is 11.3 Å². The SMILES string of the molecule is Nc1nc2c(c(=O)[nH]1)C(c1cccs1)c1c(c3ccccc3oc1=O)N2. The van der Waals surface area contributed by atoms with E-state index in [1.165, 1.54) is 11.3 Å². The molecular weight excluding hydrogens is 352 g/mol. The van der Waals surface area contributed by atoms with Crippen molar-refractivity contribution < 1.29 is 4.42 Å². The number of H-pyrrole nitrogens is 1. The monoisotopic (exact) mass is 364 g/mol. The number of hydrogen-bond acceptors (Lipinski definition) is 7. The van der Waals surface area contributed by atoms with E-state index in [0.29, 0.717) is 28.2 Å². The summed E-state index contributed by atoms with van der Waals surface area (Å²) >= 11 is 1.46. The molecule has 1 aliphatic rings. The first kappa shape index (κ1) is 14.9. The number of hydrogen-bond donors (Lipinski definition) is 3. The van der Waals surface area contributed by atoms with Crippen LogP contribution in [0.25, 0.3) is 11.0 Å². The Labute approximate surface area is 150 Å². The molecule has 1 unspecified atom stereocenters. The minimum absolute atomic E-state index is 0.0156. The summed E-state index contributed by atoms with van der Waals surface area (Å²) in [6, 6.07) is 11.0. The second-order valence-electron chi connectivity index (χ2n) is 5.96. The van der Waals surface area contributed by atoms with Crippen LogP contribution in [0.2, 0.25) is 0 Å². The van der Waals surface area contributed by atoms with Crippen molar-refractivity contribution in [3.63, 3.8) is 0 Å². The van der Waals surface area contributed by atoms with Crippen molar-refractivity contribution in [1.82, 2.24) is 9.97 Å². The zero-order valence-electron chi connectivity index (χ0n) is 13.3. The summed E-state index contributed by atoms with van der Waals surface area (Å²) in [5, 5.41) is 5.78. The molecule has 4 aromatic rings. The van der Waals surface area contributed by atoms with Crippen LogP contribution in [0.3, 0.4) is 0 Å². The average Bonchev–Trinajstić information content (AvgIpc) is 3.14. The first-order valence-electron chi connectivity index (χ1n) is 7.89. The fraction of sp³-hybridized carbons (Fsp3) is 0.0556. The number of nitrogens with one attached hydrogen (secondary N) is 2. The van der Waals surface area contributed by atoms with Crippen molar-refractivity contribution >= 4 is 39.8 Å². The van der Waals surface area contributed by atoms with Crippen LogP contribution < -0.4 is 22.2 Å². The van der Waals surface area contributed by atoms with Gasteiger partial charge in [-0.05, 0) is 23.6 Å². The molecule has 7 nitrogen and oxygen atoms in total. The number of aromatic nitrogens is 2. The molecule has 0 aliphatic carbocycles. The molecule has 0 spiro atoms. The van der Waals surface area contributed by atoms with Gasteiger partial charge in [0.1, 0.15) is 11.4 Å². The van der Waals surface area contributed by atoms with Gasteiger partial charge < -0.3 is 15.5 Å². The summed E-state index contributed by atoms with van der Waals surface area (Å²) in [7, 11) is 0. The Hall–Kier alpha value is -3.39. The van der Waals surface area contributed by atoms with Crippen molar-refractivity contribution in [3.05, 3.63) is 78.6 Å². The third-order valence-electron chi connectivity index (χ3n) is 4.47. The van der Waals surface area contributed by atoms with Gasteiger partial charge in [-0.25, -0.2) is 4.79 Å². The quantitative estimate of drug-likeness (QED) is 0.394. The van der Waals surface area contributed by atoms with Gasteiger partial charge in [0.2, 0.25) is 5.95 Å². The Kier molecular flexibility index (Phi) is 3.04. The highest BCUT2D eigenvalue weighted by Gasteiger charge is 2.35.